The van der Waals surface area contributed by atoms with E-state index < -0.39 is 0 Å². The van der Waals surface area contributed by atoms with Crippen LogP contribution in [0.4, 0.5) is 39.8 Å². The van der Waals surface area contributed by atoms with Crippen molar-refractivity contribution in [3.63, 3.8) is 0 Å². The van der Waals surface area contributed by atoms with E-state index in [4.69, 9.17) is 8.83 Å². The number of anilines is 7. The van der Waals surface area contributed by atoms with Crippen LogP contribution in [0, 0.1) is 0 Å². The molecule has 1 N–H and O–H groups in total. The second-order valence-electron chi connectivity index (χ2n) is 18.1. The van der Waals surface area contributed by atoms with Gasteiger partial charge in [0.05, 0.1) is 11.4 Å². The van der Waals surface area contributed by atoms with Crippen LogP contribution in [0.5, 0.6) is 0 Å². The van der Waals surface area contributed by atoms with Gasteiger partial charge in [0, 0.05) is 61.6 Å². The number of furan rings is 2. The SMILES string of the molecule is C1=CCC(Nc2ccccc2-c2ccc(-c3cccc(-c4cc(N(c5ccccc5)c5cccc6c5oc5ccccc56)cc(N(c5ccccc5)c5cccc6c5oc5ccccc56)c4)c3)cc2)C=C1. The standard InChI is InChI=1S/C66H47N3O2/c1-4-21-50(22-5-1)67-60-32-13-10-27-55(60)46-39-37-45(38-40-46)47-19-16-20-48(41-47)49-42-53(68(51-23-6-2-7-24-51)61-33-17-30-58-56-28-11-14-35-63(56)70-65(58)61)44-54(43-49)69(52-25-8-3-9-26-52)62-34-18-31-59-57-29-12-15-36-64(57)71-66(59)62/h1-21,23-44,50,67H,22H2. The van der Waals surface area contributed by atoms with Gasteiger partial charge in [-0.25, -0.2) is 0 Å². The molecule has 1 atom stereocenters. The average molecular weight is 914 g/mol. The maximum atomic E-state index is 6.78. The minimum Gasteiger partial charge on any atom is -0.454 e. The molecule has 5 nitrogen and oxygen atoms in total. The number of hydrogen-bond acceptors (Lipinski definition) is 5. The molecule has 1 unspecified atom stereocenters. The van der Waals surface area contributed by atoms with Crippen molar-refractivity contribution in [2.45, 2.75) is 12.5 Å². The number of hydrogen-bond donors (Lipinski definition) is 1. The maximum Gasteiger partial charge on any atom is 0.159 e. The molecule has 13 rings (SSSR count). The van der Waals surface area contributed by atoms with Gasteiger partial charge in [0.1, 0.15) is 11.2 Å². The Morgan fingerprint density at radius 3 is 1.46 bits per heavy atom. The van der Waals surface area contributed by atoms with Crippen LogP contribution in [0.2, 0.25) is 0 Å². The lowest BCUT2D eigenvalue weighted by Crippen LogP contribution is -2.17. The molecule has 0 saturated heterocycles. The second kappa shape index (κ2) is 18.0. The molecular weight excluding hydrogens is 867 g/mol. The summed E-state index contributed by atoms with van der Waals surface area (Å²) < 4.78 is 13.6. The fourth-order valence-corrected chi connectivity index (χ4v) is 10.3. The molecule has 0 fully saturated rings. The van der Waals surface area contributed by atoms with E-state index in [0.29, 0.717) is 0 Å². The zero-order valence-electron chi connectivity index (χ0n) is 38.8. The first kappa shape index (κ1) is 41.8. The topological polar surface area (TPSA) is 44.8 Å². The van der Waals surface area contributed by atoms with Gasteiger partial charge in [0.25, 0.3) is 0 Å². The van der Waals surface area contributed by atoms with E-state index in [-0.39, 0.29) is 6.04 Å². The van der Waals surface area contributed by atoms with E-state index in [9.17, 15) is 0 Å². The molecule has 1 aliphatic carbocycles. The summed E-state index contributed by atoms with van der Waals surface area (Å²) in [4.78, 5) is 4.67. The van der Waals surface area contributed by atoms with Gasteiger partial charge >= 0.3 is 0 Å². The van der Waals surface area contributed by atoms with Crippen LogP contribution >= 0.6 is 0 Å². The minimum absolute atomic E-state index is 0.264. The van der Waals surface area contributed by atoms with E-state index in [2.05, 4.69) is 252 Å². The summed E-state index contributed by atoms with van der Waals surface area (Å²) >= 11 is 0. The lowest BCUT2D eigenvalue weighted by Gasteiger charge is -2.30. The van der Waals surface area contributed by atoms with Crippen LogP contribution in [0.3, 0.4) is 0 Å². The summed E-state index contributed by atoms with van der Waals surface area (Å²) in [5.41, 5.74) is 17.1. The predicted molar refractivity (Wildman–Crippen MR) is 297 cm³/mol. The van der Waals surface area contributed by atoms with Gasteiger partial charge in [-0.15, -0.1) is 0 Å². The first-order valence-electron chi connectivity index (χ1n) is 24.3. The van der Waals surface area contributed by atoms with E-state index >= 15 is 0 Å². The molecule has 0 aliphatic heterocycles. The minimum atomic E-state index is 0.264. The number of rotatable bonds is 11. The van der Waals surface area contributed by atoms with Gasteiger partial charge in [0.2, 0.25) is 0 Å². The highest BCUT2D eigenvalue weighted by atomic mass is 16.3. The Hall–Kier alpha value is -9.32. The highest BCUT2D eigenvalue weighted by Crippen LogP contribution is 2.48. The van der Waals surface area contributed by atoms with Crippen LogP contribution in [-0.4, -0.2) is 6.04 Å². The third-order valence-corrected chi connectivity index (χ3v) is 13.7. The van der Waals surface area contributed by atoms with Crippen LogP contribution in [-0.2, 0) is 0 Å². The molecule has 0 radical (unpaired) electrons. The van der Waals surface area contributed by atoms with Gasteiger partial charge in [-0.1, -0.05) is 182 Å². The number of fused-ring (bicyclic) bond motifs is 6. The molecule has 5 heteroatoms. The lowest BCUT2D eigenvalue weighted by atomic mass is 9.95. The van der Waals surface area contributed by atoms with Crippen LogP contribution in [0.15, 0.2) is 270 Å². The molecule has 0 saturated carbocycles. The summed E-state index contributed by atoms with van der Waals surface area (Å²) in [5.74, 6) is 0. The zero-order chi connectivity index (χ0) is 47.1. The average Bonchev–Trinajstić information content (AvgIpc) is 4.02. The maximum absolute atomic E-state index is 6.78. The molecule has 1 aliphatic rings. The summed E-state index contributed by atoms with van der Waals surface area (Å²) in [5, 5.41) is 8.06. The number of nitrogens with one attached hydrogen (secondary N) is 1. The number of allylic oxidation sites excluding steroid dienone is 2. The highest BCUT2D eigenvalue weighted by Gasteiger charge is 2.25. The van der Waals surface area contributed by atoms with E-state index in [1.165, 1.54) is 11.1 Å². The van der Waals surface area contributed by atoms with Crippen LogP contribution < -0.4 is 15.1 Å². The number of para-hydroxylation sites is 7. The van der Waals surface area contributed by atoms with Crippen molar-refractivity contribution in [1.29, 1.82) is 0 Å². The summed E-state index contributed by atoms with van der Waals surface area (Å²) in [6, 6.07) is 84.3. The molecule has 12 aromatic rings. The first-order valence-corrected chi connectivity index (χ1v) is 24.3. The first-order chi connectivity index (χ1) is 35.2. The monoisotopic (exact) mass is 913 g/mol. The zero-order valence-corrected chi connectivity index (χ0v) is 38.8. The fourth-order valence-electron chi connectivity index (χ4n) is 10.3. The molecular formula is C66H47N3O2. The van der Waals surface area contributed by atoms with Crippen LogP contribution in [0.25, 0.3) is 77.3 Å². The Bertz CT molecular complexity index is 3780. The molecule has 71 heavy (non-hydrogen) atoms. The molecule has 0 amide bonds. The lowest BCUT2D eigenvalue weighted by molar-refractivity contribution is 0.669. The van der Waals surface area contributed by atoms with Crippen molar-refractivity contribution < 1.29 is 8.83 Å². The highest BCUT2D eigenvalue weighted by molar-refractivity contribution is 6.12. The Morgan fingerprint density at radius 1 is 0.366 bits per heavy atom. The summed E-state index contributed by atoms with van der Waals surface area (Å²) in [6.07, 6.45) is 9.64. The molecule has 2 aromatic heterocycles. The van der Waals surface area contributed by atoms with Gasteiger partial charge in [-0.05, 0) is 113 Å². The normalized spacial score (nSPS) is 13.3. The Kier molecular flexibility index (Phi) is 10.6. The van der Waals surface area contributed by atoms with Gasteiger partial charge < -0.3 is 24.0 Å². The van der Waals surface area contributed by atoms with E-state index in [1.54, 1.807) is 0 Å². The Morgan fingerprint density at radius 2 is 0.873 bits per heavy atom. The Balaban J connectivity index is 0.992. The molecule has 10 aromatic carbocycles. The van der Waals surface area contributed by atoms with E-state index in [0.717, 1.165) is 112 Å². The predicted octanol–water partition coefficient (Wildman–Crippen LogP) is 18.7. The van der Waals surface area contributed by atoms with Crippen molar-refractivity contribution in [3.05, 3.63) is 261 Å². The molecule has 0 spiro atoms. The summed E-state index contributed by atoms with van der Waals surface area (Å²) in [6.45, 7) is 0. The van der Waals surface area contributed by atoms with Gasteiger partial charge in [-0.2, -0.15) is 0 Å². The Labute approximate surface area is 412 Å². The quantitative estimate of drug-likeness (QED) is 0.140. The van der Waals surface area contributed by atoms with Crippen molar-refractivity contribution >= 4 is 83.7 Å². The van der Waals surface area contributed by atoms with Gasteiger partial charge in [-0.3, -0.25) is 0 Å². The smallest absolute Gasteiger partial charge is 0.159 e. The third-order valence-electron chi connectivity index (χ3n) is 13.7. The largest absolute Gasteiger partial charge is 0.454 e. The second-order valence-corrected chi connectivity index (χ2v) is 18.1. The van der Waals surface area contributed by atoms with Crippen LogP contribution in [0.1, 0.15) is 6.42 Å². The molecule has 338 valence electrons. The van der Waals surface area contributed by atoms with Crippen molar-refractivity contribution in [3.8, 4) is 33.4 Å². The van der Waals surface area contributed by atoms with Crippen molar-refractivity contribution in [2.24, 2.45) is 0 Å². The van der Waals surface area contributed by atoms with Crippen molar-refractivity contribution in [2.75, 3.05) is 15.1 Å². The number of nitrogens with zero attached hydrogens (tertiary/aromatic N) is 2. The van der Waals surface area contributed by atoms with Gasteiger partial charge in [0.15, 0.2) is 11.2 Å². The van der Waals surface area contributed by atoms with E-state index in [1.807, 2.05) is 24.3 Å². The molecule has 0 bridgehead atoms. The summed E-state index contributed by atoms with van der Waals surface area (Å²) in [7, 11) is 0. The number of benzene rings is 10. The fraction of sp³-hybridized carbons (Fsp3) is 0.0303. The third kappa shape index (κ3) is 7.80. The van der Waals surface area contributed by atoms with Crippen molar-refractivity contribution in [1.82, 2.24) is 0 Å². The molecule has 2 heterocycles.